The van der Waals surface area contributed by atoms with E-state index in [-0.39, 0.29) is 18.8 Å². The van der Waals surface area contributed by atoms with E-state index in [2.05, 4.69) is 4.57 Å². The van der Waals surface area contributed by atoms with Gasteiger partial charge in [-0.25, -0.2) is 0 Å². The molecule has 0 saturated heterocycles. The van der Waals surface area contributed by atoms with Crippen LogP contribution in [0.1, 0.15) is 51.8 Å². The third-order valence-corrected chi connectivity index (χ3v) is 4.83. The third-order valence-electron chi connectivity index (χ3n) is 4.83. The fraction of sp³-hybridized carbons (Fsp3) is 0.429. The molecule has 1 aromatic heterocycles. The summed E-state index contributed by atoms with van der Waals surface area (Å²) in [6.45, 7) is 5.69. The number of rotatable bonds is 7. The van der Waals surface area contributed by atoms with Crippen molar-refractivity contribution in [2.45, 2.75) is 46.1 Å². The van der Waals surface area contributed by atoms with Crippen LogP contribution >= 0.6 is 0 Å². The maximum absolute atomic E-state index is 12.5. The van der Waals surface area contributed by atoms with Gasteiger partial charge in [0.15, 0.2) is 6.61 Å². The van der Waals surface area contributed by atoms with Crippen LogP contribution in [0.25, 0.3) is 0 Å². The van der Waals surface area contributed by atoms with Crippen LogP contribution in [0.2, 0.25) is 0 Å². The Morgan fingerprint density at radius 1 is 1.15 bits per heavy atom. The topological polar surface area (TPSA) is 57.5 Å². The van der Waals surface area contributed by atoms with Crippen LogP contribution in [-0.2, 0) is 16.0 Å². The summed E-state index contributed by atoms with van der Waals surface area (Å²) < 4.78 is 12.7. The first kappa shape index (κ1) is 18.2. The quantitative estimate of drug-likeness (QED) is 0.561. The number of aryl methyl sites for hydroxylation is 2. The standard InChI is InChI=1S/C21H25NO4/c1-13-5-8-20(25-4)16(9-13)11-21(24)26-12-19(23)18-10-14(2)22(15(18)3)17-6-7-17/h5,8-10,17H,6-7,11-12H2,1-4H3. The van der Waals surface area contributed by atoms with Gasteiger partial charge in [-0.05, 0) is 45.7 Å². The summed E-state index contributed by atoms with van der Waals surface area (Å²) in [4.78, 5) is 24.7. The molecule has 1 saturated carbocycles. The first-order valence-corrected chi connectivity index (χ1v) is 8.91. The molecule has 1 heterocycles. The highest BCUT2D eigenvalue weighted by Gasteiger charge is 2.28. The Morgan fingerprint density at radius 3 is 2.54 bits per heavy atom. The molecular weight excluding hydrogens is 330 g/mol. The molecule has 1 fully saturated rings. The molecule has 0 amide bonds. The van der Waals surface area contributed by atoms with Gasteiger partial charge in [0, 0.05) is 28.6 Å². The number of Topliss-reactive ketones (excluding diaryl/α,β-unsaturated/α-hetero) is 1. The summed E-state index contributed by atoms with van der Waals surface area (Å²) in [5.41, 5.74) is 4.50. The van der Waals surface area contributed by atoms with Crippen LogP contribution in [0.3, 0.4) is 0 Å². The van der Waals surface area contributed by atoms with Gasteiger partial charge in [-0.2, -0.15) is 0 Å². The molecule has 0 spiro atoms. The van der Waals surface area contributed by atoms with Crippen molar-refractivity contribution >= 4 is 11.8 Å². The largest absolute Gasteiger partial charge is 0.496 e. The van der Waals surface area contributed by atoms with Crippen molar-refractivity contribution in [2.24, 2.45) is 0 Å². The van der Waals surface area contributed by atoms with Gasteiger partial charge < -0.3 is 14.0 Å². The Bertz CT molecular complexity index is 846. The van der Waals surface area contributed by atoms with Crippen LogP contribution in [0.5, 0.6) is 5.75 Å². The third kappa shape index (κ3) is 3.82. The number of hydrogen-bond acceptors (Lipinski definition) is 4. The van der Waals surface area contributed by atoms with E-state index in [4.69, 9.17) is 9.47 Å². The van der Waals surface area contributed by atoms with Crippen molar-refractivity contribution in [3.05, 3.63) is 52.3 Å². The molecule has 1 aliphatic rings. The van der Waals surface area contributed by atoms with Gasteiger partial charge in [-0.1, -0.05) is 17.7 Å². The van der Waals surface area contributed by atoms with Gasteiger partial charge >= 0.3 is 5.97 Å². The number of carbonyl (C=O) groups is 2. The molecule has 5 nitrogen and oxygen atoms in total. The molecule has 0 atom stereocenters. The lowest BCUT2D eigenvalue weighted by molar-refractivity contribution is -0.141. The Balaban J connectivity index is 1.62. The number of nitrogens with zero attached hydrogens (tertiary/aromatic N) is 1. The summed E-state index contributed by atoms with van der Waals surface area (Å²) >= 11 is 0. The molecule has 2 aromatic rings. The minimum atomic E-state index is -0.432. The number of hydrogen-bond donors (Lipinski definition) is 0. The number of ether oxygens (including phenoxy) is 2. The Labute approximate surface area is 153 Å². The van der Waals surface area contributed by atoms with Crippen LogP contribution in [0.4, 0.5) is 0 Å². The van der Waals surface area contributed by atoms with Crippen molar-refractivity contribution in [2.75, 3.05) is 13.7 Å². The summed E-state index contributed by atoms with van der Waals surface area (Å²) in [5, 5.41) is 0. The summed E-state index contributed by atoms with van der Waals surface area (Å²) in [5.74, 6) is 0.0552. The van der Waals surface area contributed by atoms with E-state index in [0.717, 1.165) is 35.4 Å². The first-order chi connectivity index (χ1) is 12.4. The van der Waals surface area contributed by atoms with Crippen LogP contribution in [0.15, 0.2) is 24.3 Å². The molecule has 138 valence electrons. The minimum absolute atomic E-state index is 0.0826. The molecule has 3 rings (SSSR count). The number of carbonyl (C=O) groups excluding carboxylic acids is 2. The number of ketones is 1. The van der Waals surface area contributed by atoms with E-state index in [1.807, 2.05) is 45.0 Å². The smallest absolute Gasteiger partial charge is 0.310 e. The highest BCUT2D eigenvalue weighted by atomic mass is 16.5. The lowest BCUT2D eigenvalue weighted by Gasteiger charge is -2.10. The maximum Gasteiger partial charge on any atom is 0.310 e. The van der Waals surface area contributed by atoms with Crippen molar-refractivity contribution in [1.82, 2.24) is 4.57 Å². The highest BCUT2D eigenvalue weighted by Crippen LogP contribution is 2.38. The molecule has 0 bridgehead atoms. The molecule has 1 aromatic carbocycles. The lowest BCUT2D eigenvalue weighted by Crippen LogP contribution is -2.16. The van der Waals surface area contributed by atoms with E-state index in [1.165, 1.54) is 0 Å². The van der Waals surface area contributed by atoms with Crippen molar-refractivity contribution < 1.29 is 19.1 Å². The maximum atomic E-state index is 12.5. The predicted octanol–water partition coefficient (Wildman–Crippen LogP) is 3.73. The highest BCUT2D eigenvalue weighted by molar-refractivity contribution is 5.99. The summed E-state index contributed by atoms with van der Waals surface area (Å²) in [7, 11) is 1.57. The van der Waals surface area contributed by atoms with Crippen molar-refractivity contribution in [3.8, 4) is 5.75 Å². The number of methoxy groups -OCH3 is 1. The molecule has 0 unspecified atom stereocenters. The van der Waals surface area contributed by atoms with Crippen LogP contribution in [0, 0.1) is 20.8 Å². The molecule has 26 heavy (non-hydrogen) atoms. The predicted molar refractivity (Wildman–Crippen MR) is 98.9 cm³/mol. The van der Waals surface area contributed by atoms with E-state index in [0.29, 0.717) is 17.4 Å². The Kier molecular flexibility index (Phi) is 5.16. The zero-order chi connectivity index (χ0) is 18.8. The molecule has 0 radical (unpaired) electrons. The second-order valence-corrected chi connectivity index (χ2v) is 6.96. The summed E-state index contributed by atoms with van der Waals surface area (Å²) in [6.07, 6.45) is 2.41. The van der Waals surface area contributed by atoms with E-state index < -0.39 is 5.97 Å². The SMILES string of the molecule is COc1ccc(C)cc1CC(=O)OCC(=O)c1cc(C)n(C2CC2)c1C. The molecule has 5 heteroatoms. The second-order valence-electron chi connectivity index (χ2n) is 6.96. The van der Waals surface area contributed by atoms with Crippen LogP contribution in [-0.4, -0.2) is 30.0 Å². The normalized spacial score (nSPS) is 13.5. The van der Waals surface area contributed by atoms with Crippen molar-refractivity contribution in [3.63, 3.8) is 0 Å². The van der Waals surface area contributed by atoms with E-state index in [1.54, 1.807) is 7.11 Å². The minimum Gasteiger partial charge on any atom is -0.496 e. The number of aromatic nitrogens is 1. The average Bonchev–Trinajstić information content (AvgIpc) is 3.38. The van der Waals surface area contributed by atoms with Crippen molar-refractivity contribution in [1.29, 1.82) is 0 Å². The fourth-order valence-corrected chi connectivity index (χ4v) is 3.43. The lowest BCUT2D eigenvalue weighted by atomic mass is 10.1. The zero-order valence-electron chi connectivity index (χ0n) is 15.8. The second kappa shape index (κ2) is 7.36. The average molecular weight is 355 g/mol. The number of esters is 1. The van der Waals surface area contributed by atoms with Gasteiger partial charge in [0.2, 0.25) is 5.78 Å². The zero-order valence-corrected chi connectivity index (χ0v) is 15.8. The Hall–Kier alpha value is -2.56. The molecular formula is C21H25NO4. The van der Waals surface area contributed by atoms with E-state index in [9.17, 15) is 9.59 Å². The van der Waals surface area contributed by atoms with Gasteiger partial charge in [0.25, 0.3) is 0 Å². The molecule has 1 aliphatic carbocycles. The first-order valence-electron chi connectivity index (χ1n) is 8.91. The van der Waals surface area contributed by atoms with E-state index >= 15 is 0 Å². The van der Waals surface area contributed by atoms with Gasteiger partial charge in [0.1, 0.15) is 5.75 Å². The van der Waals surface area contributed by atoms with Crippen LogP contribution < -0.4 is 4.74 Å². The number of benzene rings is 1. The molecule has 0 N–H and O–H groups in total. The van der Waals surface area contributed by atoms with Gasteiger partial charge in [-0.15, -0.1) is 0 Å². The Morgan fingerprint density at radius 2 is 1.88 bits per heavy atom. The van der Waals surface area contributed by atoms with Gasteiger partial charge in [-0.3, -0.25) is 9.59 Å². The summed E-state index contributed by atoms with van der Waals surface area (Å²) in [6, 6.07) is 8.06. The monoisotopic (exact) mass is 355 g/mol. The molecule has 0 aliphatic heterocycles. The fourth-order valence-electron chi connectivity index (χ4n) is 3.43. The van der Waals surface area contributed by atoms with Gasteiger partial charge in [0.05, 0.1) is 13.5 Å².